The highest BCUT2D eigenvalue weighted by atomic mass is 32.1. The number of anilines is 1. The maximum Gasteiger partial charge on any atom is 0.240 e. The number of nitrogens with zero attached hydrogens (tertiary/aromatic N) is 2. The maximum atomic E-state index is 12.3. The van der Waals surface area contributed by atoms with Crippen molar-refractivity contribution < 1.29 is 14.3 Å². The van der Waals surface area contributed by atoms with Crippen molar-refractivity contribution in [2.24, 2.45) is 0 Å². The van der Waals surface area contributed by atoms with E-state index in [1.165, 1.54) is 11.3 Å². The second-order valence-electron chi connectivity index (χ2n) is 6.27. The Morgan fingerprint density at radius 2 is 2.00 bits per heavy atom. The summed E-state index contributed by atoms with van der Waals surface area (Å²) in [6, 6.07) is 7.70. The molecule has 1 amide bonds. The van der Waals surface area contributed by atoms with Gasteiger partial charge in [0, 0.05) is 24.0 Å². The molecule has 1 saturated heterocycles. The van der Waals surface area contributed by atoms with E-state index in [0.717, 1.165) is 30.1 Å². The summed E-state index contributed by atoms with van der Waals surface area (Å²) in [6.07, 6.45) is 0.302. The summed E-state index contributed by atoms with van der Waals surface area (Å²) in [5, 5.41) is 5.45. The van der Waals surface area contributed by atoms with Crippen LogP contribution in [0.3, 0.4) is 0 Å². The van der Waals surface area contributed by atoms with Crippen LogP contribution >= 0.6 is 11.3 Å². The number of morpholine rings is 1. The van der Waals surface area contributed by atoms with Crippen LogP contribution in [0, 0.1) is 0 Å². The number of hydrogen-bond donors (Lipinski definition) is 1. The molecule has 134 valence electrons. The molecule has 7 heteroatoms. The molecule has 25 heavy (non-hydrogen) atoms. The lowest BCUT2D eigenvalue weighted by molar-refractivity contribution is -0.121. The van der Waals surface area contributed by atoms with Gasteiger partial charge in [0.2, 0.25) is 5.91 Å². The van der Waals surface area contributed by atoms with Gasteiger partial charge < -0.3 is 14.8 Å². The lowest BCUT2D eigenvalue weighted by Gasteiger charge is -2.34. The van der Waals surface area contributed by atoms with Crippen LogP contribution in [0.25, 0.3) is 11.3 Å². The summed E-state index contributed by atoms with van der Waals surface area (Å²) in [7, 11) is 1.64. The van der Waals surface area contributed by atoms with E-state index in [9.17, 15) is 4.79 Å². The van der Waals surface area contributed by atoms with Crippen molar-refractivity contribution in [1.29, 1.82) is 0 Å². The van der Waals surface area contributed by atoms with Crippen molar-refractivity contribution >= 4 is 22.4 Å². The Balaban J connectivity index is 1.58. The minimum atomic E-state index is -0.0445. The SMILES string of the molecule is COc1ccc(-c2csc(NC(=O)CN3CC(C)OC(C)C3)n2)cc1. The lowest BCUT2D eigenvalue weighted by atomic mass is 10.2. The molecule has 0 bridgehead atoms. The third-order valence-corrected chi connectivity index (χ3v) is 4.76. The summed E-state index contributed by atoms with van der Waals surface area (Å²) >= 11 is 1.43. The summed E-state index contributed by atoms with van der Waals surface area (Å²) in [5.41, 5.74) is 1.84. The zero-order valence-electron chi connectivity index (χ0n) is 14.7. The molecule has 2 atom stereocenters. The first-order valence-electron chi connectivity index (χ1n) is 8.31. The Morgan fingerprint density at radius 3 is 2.64 bits per heavy atom. The van der Waals surface area contributed by atoms with Gasteiger partial charge in [-0.1, -0.05) is 0 Å². The smallest absolute Gasteiger partial charge is 0.240 e. The van der Waals surface area contributed by atoms with E-state index in [0.29, 0.717) is 11.7 Å². The van der Waals surface area contributed by atoms with Crippen molar-refractivity contribution in [3.63, 3.8) is 0 Å². The number of amides is 1. The fourth-order valence-electron chi connectivity index (χ4n) is 3.00. The Bertz CT molecular complexity index is 707. The van der Waals surface area contributed by atoms with Crippen molar-refractivity contribution in [3.8, 4) is 17.0 Å². The highest BCUT2D eigenvalue weighted by Gasteiger charge is 2.23. The van der Waals surface area contributed by atoms with Crippen LogP contribution in [-0.4, -0.2) is 54.7 Å². The van der Waals surface area contributed by atoms with Gasteiger partial charge in [-0.25, -0.2) is 4.98 Å². The minimum Gasteiger partial charge on any atom is -0.497 e. The second kappa shape index (κ2) is 7.95. The van der Waals surface area contributed by atoms with E-state index >= 15 is 0 Å². The van der Waals surface area contributed by atoms with Gasteiger partial charge in [-0.15, -0.1) is 11.3 Å². The van der Waals surface area contributed by atoms with E-state index < -0.39 is 0 Å². The molecule has 2 heterocycles. The maximum absolute atomic E-state index is 12.3. The van der Waals surface area contributed by atoms with E-state index in [2.05, 4.69) is 15.2 Å². The molecular weight excluding hydrogens is 338 g/mol. The normalized spacial score (nSPS) is 21.1. The van der Waals surface area contributed by atoms with Crippen LogP contribution in [0.15, 0.2) is 29.6 Å². The van der Waals surface area contributed by atoms with Gasteiger partial charge >= 0.3 is 0 Å². The molecule has 6 nitrogen and oxygen atoms in total. The van der Waals surface area contributed by atoms with Crippen LogP contribution in [0.5, 0.6) is 5.75 Å². The number of nitrogens with one attached hydrogen (secondary N) is 1. The quantitative estimate of drug-likeness (QED) is 0.887. The third kappa shape index (κ3) is 4.78. The molecule has 1 aliphatic rings. The molecule has 1 fully saturated rings. The number of rotatable bonds is 5. The molecule has 0 spiro atoms. The monoisotopic (exact) mass is 361 g/mol. The topological polar surface area (TPSA) is 63.7 Å². The molecule has 1 N–H and O–H groups in total. The first kappa shape index (κ1) is 17.8. The molecule has 1 aromatic heterocycles. The van der Waals surface area contributed by atoms with E-state index in [4.69, 9.17) is 9.47 Å². The first-order valence-corrected chi connectivity index (χ1v) is 9.19. The number of carbonyl (C=O) groups is 1. The molecule has 0 radical (unpaired) electrons. The van der Waals surface area contributed by atoms with E-state index in [1.807, 2.05) is 43.5 Å². The predicted molar refractivity (Wildman–Crippen MR) is 99.2 cm³/mol. The zero-order chi connectivity index (χ0) is 17.8. The van der Waals surface area contributed by atoms with Crippen molar-refractivity contribution in [2.45, 2.75) is 26.1 Å². The Hall–Kier alpha value is -1.96. The number of carbonyl (C=O) groups excluding carboxylic acids is 1. The van der Waals surface area contributed by atoms with Crippen molar-refractivity contribution in [3.05, 3.63) is 29.6 Å². The molecule has 2 aromatic rings. The molecule has 0 aliphatic carbocycles. The number of hydrogen-bond acceptors (Lipinski definition) is 6. The zero-order valence-corrected chi connectivity index (χ0v) is 15.5. The van der Waals surface area contributed by atoms with Crippen LogP contribution in [0.1, 0.15) is 13.8 Å². The van der Waals surface area contributed by atoms with Crippen molar-refractivity contribution in [2.75, 3.05) is 32.1 Å². The highest BCUT2D eigenvalue weighted by molar-refractivity contribution is 7.14. The van der Waals surface area contributed by atoms with Gasteiger partial charge in [-0.2, -0.15) is 0 Å². The third-order valence-electron chi connectivity index (χ3n) is 4.00. The summed E-state index contributed by atoms with van der Waals surface area (Å²) in [6.45, 7) is 5.96. The van der Waals surface area contributed by atoms with Gasteiger partial charge in [0.1, 0.15) is 5.75 Å². The molecule has 3 rings (SSSR count). The molecule has 1 aliphatic heterocycles. The number of thiazole rings is 1. The summed E-state index contributed by atoms with van der Waals surface area (Å²) < 4.78 is 10.9. The van der Waals surface area contributed by atoms with Gasteiger partial charge in [0.25, 0.3) is 0 Å². The highest BCUT2D eigenvalue weighted by Crippen LogP contribution is 2.26. The number of benzene rings is 1. The van der Waals surface area contributed by atoms with Crippen LogP contribution in [0.2, 0.25) is 0 Å². The fourth-order valence-corrected chi connectivity index (χ4v) is 3.74. The lowest BCUT2D eigenvalue weighted by Crippen LogP contribution is -2.48. The van der Waals surface area contributed by atoms with Crippen LogP contribution in [-0.2, 0) is 9.53 Å². The average molecular weight is 361 g/mol. The van der Waals surface area contributed by atoms with Crippen molar-refractivity contribution in [1.82, 2.24) is 9.88 Å². The predicted octanol–water partition coefficient (Wildman–Crippen LogP) is 2.87. The standard InChI is InChI=1S/C18H23N3O3S/c1-12-8-21(9-13(2)24-12)10-17(22)20-18-19-16(11-25-18)14-4-6-15(23-3)7-5-14/h4-7,11-13H,8-10H2,1-3H3,(H,19,20,22). The molecule has 2 unspecified atom stereocenters. The van der Waals surface area contributed by atoms with E-state index in [-0.39, 0.29) is 18.1 Å². The largest absolute Gasteiger partial charge is 0.497 e. The van der Waals surface area contributed by atoms with Crippen LogP contribution < -0.4 is 10.1 Å². The van der Waals surface area contributed by atoms with Gasteiger partial charge in [0.15, 0.2) is 5.13 Å². The van der Waals surface area contributed by atoms with Gasteiger partial charge in [-0.3, -0.25) is 9.69 Å². The molecular formula is C18H23N3O3S. The Labute approximate surface area is 151 Å². The Morgan fingerprint density at radius 1 is 1.32 bits per heavy atom. The number of ether oxygens (including phenoxy) is 2. The molecule has 1 aromatic carbocycles. The summed E-state index contributed by atoms with van der Waals surface area (Å²) in [4.78, 5) is 18.9. The second-order valence-corrected chi connectivity index (χ2v) is 7.12. The van der Waals surface area contributed by atoms with E-state index in [1.54, 1.807) is 7.11 Å². The van der Waals surface area contributed by atoms with Crippen LogP contribution in [0.4, 0.5) is 5.13 Å². The summed E-state index contributed by atoms with van der Waals surface area (Å²) in [5.74, 6) is 0.762. The fraction of sp³-hybridized carbons (Fsp3) is 0.444. The Kier molecular flexibility index (Phi) is 5.67. The average Bonchev–Trinajstić information content (AvgIpc) is 3.02. The number of methoxy groups -OCH3 is 1. The number of aromatic nitrogens is 1. The van der Waals surface area contributed by atoms with Gasteiger partial charge in [-0.05, 0) is 38.1 Å². The molecule has 0 saturated carbocycles. The minimum absolute atomic E-state index is 0.0445. The first-order chi connectivity index (χ1) is 12.0. The van der Waals surface area contributed by atoms with Gasteiger partial charge in [0.05, 0.1) is 31.6 Å².